The molecule has 0 saturated carbocycles. The van der Waals surface area contributed by atoms with E-state index in [1.807, 2.05) is 0 Å². The van der Waals surface area contributed by atoms with Gasteiger partial charge < -0.3 is 4.74 Å². The summed E-state index contributed by atoms with van der Waals surface area (Å²) in [7, 11) is 0. The van der Waals surface area contributed by atoms with Gasteiger partial charge in [-0.3, -0.25) is 0 Å². The fourth-order valence-corrected chi connectivity index (χ4v) is 1.29. The highest BCUT2D eigenvalue weighted by atomic mass is 16.5. The quantitative estimate of drug-likeness (QED) is 0.575. The fourth-order valence-electron chi connectivity index (χ4n) is 1.29. The van der Waals surface area contributed by atoms with E-state index in [0.29, 0.717) is 11.5 Å². The van der Waals surface area contributed by atoms with Gasteiger partial charge in [-0.1, -0.05) is 32.9 Å². The molecule has 0 saturated heterocycles. The van der Waals surface area contributed by atoms with E-state index >= 15 is 0 Å². The molecule has 1 rings (SSSR count). The third-order valence-corrected chi connectivity index (χ3v) is 1.97. The van der Waals surface area contributed by atoms with Gasteiger partial charge in [-0.05, 0) is 24.7 Å². The highest BCUT2D eigenvalue weighted by molar-refractivity contribution is 4.90. The van der Waals surface area contributed by atoms with Crippen molar-refractivity contribution in [1.29, 1.82) is 0 Å². The summed E-state index contributed by atoms with van der Waals surface area (Å²) in [6, 6.07) is 0. The van der Waals surface area contributed by atoms with E-state index in [4.69, 9.17) is 4.74 Å². The maximum absolute atomic E-state index is 5.80. The zero-order valence-corrected chi connectivity index (χ0v) is 8.47. The predicted octanol–water partition coefficient (Wildman–Crippen LogP) is 3.16. The van der Waals surface area contributed by atoms with Crippen molar-refractivity contribution >= 4 is 0 Å². The van der Waals surface area contributed by atoms with Crippen LogP contribution in [0.3, 0.4) is 0 Å². The minimum absolute atomic E-state index is 0.307. The lowest BCUT2D eigenvalue weighted by atomic mass is 9.98. The first kappa shape index (κ1) is 9.79. The molecule has 1 nitrogen and oxygen atoms in total. The number of hydrogen-bond donors (Lipinski definition) is 0. The molecule has 70 valence electrons. The first-order valence-electron chi connectivity index (χ1n) is 4.84. The number of hydrogen-bond acceptors (Lipinski definition) is 1. The van der Waals surface area contributed by atoms with Gasteiger partial charge in [0, 0.05) is 0 Å². The smallest absolute Gasteiger partial charge is 0.0612 e. The maximum atomic E-state index is 5.80. The summed E-state index contributed by atoms with van der Waals surface area (Å²) in [5, 5.41) is 0. The lowest BCUT2D eigenvalue weighted by Gasteiger charge is -2.24. The molecule has 1 aliphatic rings. The Morgan fingerprint density at radius 2 is 2.08 bits per heavy atom. The molecule has 0 aromatic heterocycles. The van der Waals surface area contributed by atoms with Gasteiger partial charge in [0.25, 0.3) is 0 Å². The molecule has 1 aliphatic carbocycles. The van der Waals surface area contributed by atoms with Gasteiger partial charge >= 0.3 is 0 Å². The van der Waals surface area contributed by atoms with Crippen LogP contribution in [0, 0.1) is 5.41 Å². The summed E-state index contributed by atoms with van der Waals surface area (Å²) in [4.78, 5) is 0. The lowest BCUT2D eigenvalue weighted by Crippen LogP contribution is -2.22. The molecule has 1 unspecified atom stereocenters. The van der Waals surface area contributed by atoms with Gasteiger partial charge in [-0.25, -0.2) is 0 Å². The normalized spacial score (nSPS) is 24.4. The van der Waals surface area contributed by atoms with Crippen LogP contribution in [0.2, 0.25) is 0 Å². The minimum atomic E-state index is 0.307. The van der Waals surface area contributed by atoms with E-state index in [1.54, 1.807) is 0 Å². The summed E-state index contributed by atoms with van der Waals surface area (Å²) in [5.74, 6) is 0. The van der Waals surface area contributed by atoms with Crippen LogP contribution in [0.4, 0.5) is 0 Å². The van der Waals surface area contributed by atoms with Crippen molar-refractivity contribution in [3.63, 3.8) is 0 Å². The Balaban J connectivity index is 2.19. The Morgan fingerprint density at radius 3 is 2.58 bits per heavy atom. The van der Waals surface area contributed by atoms with Crippen LogP contribution in [0.25, 0.3) is 0 Å². The molecule has 0 N–H and O–H groups in total. The molecule has 0 fully saturated rings. The Kier molecular flexibility index (Phi) is 3.33. The number of ether oxygens (including phenoxy) is 1. The molecule has 12 heavy (non-hydrogen) atoms. The van der Waals surface area contributed by atoms with Crippen LogP contribution in [0.5, 0.6) is 0 Å². The standard InChI is InChI=1S/C11H20O/c1-11(2,3)9-12-10-7-5-4-6-8-10/h4-5,10H,6-9H2,1-3H3. The Labute approximate surface area is 75.8 Å². The van der Waals surface area contributed by atoms with Gasteiger partial charge in [0.2, 0.25) is 0 Å². The van der Waals surface area contributed by atoms with Crippen molar-refractivity contribution in [2.24, 2.45) is 5.41 Å². The Bertz CT molecular complexity index is 153. The number of allylic oxidation sites excluding steroid dienone is 1. The van der Waals surface area contributed by atoms with Gasteiger partial charge in [0.1, 0.15) is 0 Å². The molecule has 1 heteroatoms. The second-order valence-electron chi connectivity index (χ2n) is 4.78. The van der Waals surface area contributed by atoms with E-state index in [-0.39, 0.29) is 0 Å². The van der Waals surface area contributed by atoms with Crippen LogP contribution in [-0.2, 0) is 4.74 Å². The van der Waals surface area contributed by atoms with Crippen molar-refractivity contribution in [1.82, 2.24) is 0 Å². The Morgan fingerprint density at radius 1 is 1.33 bits per heavy atom. The molecule has 1 atom stereocenters. The second kappa shape index (κ2) is 4.08. The largest absolute Gasteiger partial charge is 0.377 e. The zero-order chi connectivity index (χ0) is 9.03. The van der Waals surface area contributed by atoms with Gasteiger partial charge in [0.05, 0.1) is 12.7 Å². The van der Waals surface area contributed by atoms with E-state index < -0.39 is 0 Å². The van der Waals surface area contributed by atoms with Crippen molar-refractivity contribution in [2.45, 2.75) is 46.1 Å². The molecular weight excluding hydrogens is 148 g/mol. The summed E-state index contributed by atoms with van der Waals surface area (Å²) < 4.78 is 5.80. The van der Waals surface area contributed by atoms with Gasteiger partial charge in [0.15, 0.2) is 0 Å². The van der Waals surface area contributed by atoms with Crippen molar-refractivity contribution in [3.05, 3.63) is 12.2 Å². The molecule has 0 radical (unpaired) electrons. The fraction of sp³-hybridized carbons (Fsp3) is 0.818. The molecule has 0 heterocycles. The number of rotatable bonds is 2. The van der Waals surface area contributed by atoms with E-state index in [2.05, 4.69) is 32.9 Å². The maximum Gasteiger partial charge on any atom is 0.0612 e. The highest BCUT2D eigenvalue weighted by Gasteiger charge is 2.15. The summed E-state index contributed by atoms with van der Waals surface area (Å²) in [6.45, 7) is 7.52. The first-order valence-corrected chi connectivity index (χ1v) is 4.84. The average Bonchev–Trinajstić information content (AvgIpc) is 2.02. The van der Waals surface area contributed by atoms with Crippen LogP contribution in [-0.4, -0.2) is 12.7 Å². The topological polar surface area (TPSA) is 9.23 Å². The summed E-state index contributed by atoms with van der Waals surface area (Å²) in [5.41, 5.74) is 0.307. The second-order valence-corrected chi connectivity index (χ2v) is 4.78. The average molecular weight is 168 g/mol. The molecule has 0 aromatic rings. The molecule has 0 spiro atoms. The van der Waals surface area contributed by atoms with E-state index in [1.165, 1.54) is 12.8 Å². The molecule has 0 amide bonds. The monoisotopic (exact) mass is 168 g/mol. The summed E-state index contributed by atoms with van der Waals surface area (Å²) >= 11 is 0. The van der Waals surface area contributed by atoms with E-state index in [9.17, 15) is 0 Å². The minimum Gasteiger partial charge on any atom is -0.377 e. The van der Waals surface area contributed by atoms with Crippen molar-refractivity contribution < 1.29 is 4.74 Å². The Hall–Kier alpha value is -0.300. The zero-order valence-electron chi connectivity index (χ0n) is 8.47. The van der Waals surface area contributed by atoms with Gasteiger partial charge in [-0.15, -0.1) is 0 Å². The highest BCUT2D eigenvalue weighted by Crippen LogP contribution is 2.19. The predicted molar refractivity (Wildman–Crippen MR) is 52.2 cm³/mol. The third kappa shape index (κ3) is 3.91. The van der Waals surface area contributed by atoms with Crippen LogP contribution in [0.15, 0.2) is 12.2 Å². The van der Waals surface area contributed by atoms with E-state index in [0.717, 1.165) is 13.0 Å². The molecular formula is C11H20O. The summed E-state index contributed by atoms with van der Waals surface area (Å²) in [6.07, 6.45) is 8.46. The SMILES string of the molecule is CC(C)(C)COC1CC=CCC1. The van der Waals surface area contributed by atoms with Gasteiger partial charge in [-0.2, -0.15) is 0 Å². The van der Waals surface area contributed by atoms with Crippen LogP contribution in [0.1, 0.15) is 40.0 Å². The third-order valence-electron chi connectivity index (χ3n) is 1.97. The first-order chi connectivity index (χ1) is 5.58. The molecule has 0 bridgehead atoms. The van der Waals surface area contributed by atoms with Crippen molar-refractivity contribution in [3.8, 4) is 0 Å². The van der Waals surface area contributed by atoms with Crippen LogP contribution >= 0.6 is 0 Å². The lowest BCUT2D eigenvalue weighted by molar-refractivity contribution is 0.00471. The van der Waals surface area contributed by atoms with Crippen LogP contribution < -0.4 is 0 Å². The molecule has 0 aliphatic heterocycles. The molecule has 0 aromatic carbocycles. The van der Waals surface area contributed by atoms with Crippen molar-refractivity contribution in [2.75, 3.05) is 6.61 Å².